The maximum atomic E-state index is 13.8. The average molecular weight is 407 g/mol. The van der Waals surface area contributed by atoms with Gasteiger partial charge in [-0.3, -0.25) is 14.2 Å². The monoisotopic (exact) mass is 407 g/mol. The number of benzene rings is 1. The number of ether oxygens (including phenoxy) is 2. The summed E-state index contributed by atoms with van der Waals surface area (Å²) in [5, 5.41) is 10.1. The largest absolute Gasteiger partial charge is 0.481 e. The molecule has 0 spiro atoms. The number of nitrogens with zero attached hydrogens (tertiary/aromatic N) is 1. The Morgan fingerprint density at radius 2 is 1.66 bits per heavy atom. The van der Waals surface area contributed by atoms with E-state index >= 15 is 0 Å². The first-order valence-electron chi connectivity index (χ1n) is 9.16. The first kappa shape index (κ1) is 22.4. The van der Waals surface area contributed by atoms with Crippen LogP contribution in [0.1, 0.15) is 59.4 Å². The van der Waals surface area contributed by atoms with Gasteiger partial charge in [-0.2, -0.15) is 0 Å². The SMILES string of the molecule is CC(C)(C)OC(=O)CC(C(=O)O)c1cn(C(=O)OC(C)(C)C)c2cc(F)ccc12. The number of carbonyl (C=O) groups excluding carboxylic acids is 2. The van der Waals surface area contributed by atoms with E-state index in [0.29, 0.717) is 5.39 Å². The summed E-state index contributed by atoms with van der Waals surface area (Å²) in [6, 6.07) is 3.67. The molecule has 0 radical (unpaired) electrons. The quantitative estimate of drug-likeness (QED) is 0.752. The van der Waals surface area contributed by atoms with Crippen molar-refractivity contribution in [1.82, 2.24) is 4.57 Å². The van der Waals surface area contributed by atoms with E-state index in [1.165, 1.54) is 12.3 Å². The molecule has 0 saturated heterocycles. The zero-order valence-corrected chi connectivity index (χ0v) is 17.4. The second-order valence-electron chi connectivity index (χ2n) is 8.78. The third-order valence-corrected chi connectivity index (χ3v) is 3.85. The van der Waals surface area contributed by atoms with Crippen molar-refractivity contribution in [3.63, 3.8) is 0 Å². The molecule has 158 valence electrons. The number of esters is 1. The molecule has 8 heteroatoms. The summed E-state index contributed by atoms with van der Waals surface area (Å²) in [5.41, 5.74) is -1.22. The summed E-state index contributed by atoms with van der Waals surface area (Å²) in [7, 11) is 0. The van der Waals surface area contributed by atoms with Crippen molar-refractivity contribution in [1.29, 1.82) is 0 Å². The molecule has 0 fully saturated rings. The Morgan fingerprint density at radius 1 is 1.07 bits per heavy atom. The third kappa shape index (κ3) is 5.79. The van der Waals surface area contributed by atoms with E-state index in [2.05, 4.69) is 0 Å². The molecule has 7 nitrogen and oxygen atoms in total. The van der Waals surface area contributed by atoms with Crippen molar-refractivity contribution >= 4 is 28.9 Å². The van der Waals surface area contributed by atoms with E-state index in [-0.39, 0.29) is 11.1 Å². The Balaban J connectivity index is 2.53. The molecule has 1 N–H and O–H groups in total. The minimum atomic E-state index is -1.28. The molecular weight excluding hydrogens is 381 g/mol. The number of aromatic nitrogens is 1. The van der Waals surface area contributed by atoms with E-state index in [4.69, 9.17) is 9.47 Å². The Hall–Kier alpha value is -2.90. The number of rotatable bonds is 4. The second kappa shape index (κ2) is 7.85. The molecule has 0 aliphatic heterocycles. The molecular formula is C21H26FNO6. The van der Waals surface area contributed by atoms with Crippen molar-refractivity contribution in [2.75, 3.05) is 0 Å². The molecule has 1 aromatic carbocycles. The van der Waals surface area contributed by atoms with Crippen molar-refractivity contribution < 1.29 is 33.4 Å². The van der Waals surface area contributed by atoms with E-state index in [9.17, 15) is 23.9 Å². The molecule has 1 atom stereocenters. The summed E-state index contributed by atoms with van der Waals surface area (Å²) >= 11 is 0. The smallest absolute Gasteiger partial charge is 0.419 e. The van der Waals surface area contributed by atoms with Crippen molar-refractivity contribution in [3.05, 3.63) is 35.8 Å². The molecule has 1 aromatic heterocycles. The Labute approximate surface area is 168 Å². The normalized spacial score (nSPS) is 13.2. The second-order valence-corrected chi connectivity index (χ2v) is 8.78. The Bertz CT molecular complexity index is 948. The lowest BCUT2D eigenvalue weighted by atomic mass is 9.95. The van der Waals surface area contributed by atoms with Gasteiger partial charge in [-0.25, -0.2) is 9.18 Å². The lowest BCUT2D eigenvalue weighted by Gasteiger charge is -2.21. The van der Waals surface area contributed by atoms with Crippen LogP contribution in [0.25, 0.3) is 10.9 Å². The summed E-state index contributed by atoms with van der Waals surface area (Å²) in [5.74, 6) is -3.82. The van der Waals surface area contributed by atoms with Gasteiger partial charge < -0.3 is 14.6 Å². The first-order chi connectivity index (χ1) is 13.2. The van der Waals surface area contributed by atoms with Crippen LogP contribution in [0.5, 0.6) is 0 Å². The van der Waals surface area contributed by atoms with Gasteiger partial charge in [-0.15, -0.1) is 0 Å². The predicted molar refractivity (Wildman–Crippen MR) is 104 cm³/mol. The van der Waals surface area contributed by atoms with Gasteiger partial charge in [0.05, 0.1) is 17.9 Å². The van der Waals surface area contributed by atoms with Crippen LogP contribution in [0.4, 0.5) is 9.18 Å². The van der Waals surface area contributed by atoms with Crippen LogP contribution >= 0.6 is 0 Å². The Morgan fingerprint density at radius 3 is 2.17 bits per heavy atom. The molecule has 0 aliphatic carbocycles. The summed E-state index contributed by atoms with van der Waals surface area (Å²) < 4.78 is 25.5. The van der Waals surface area contributed by atoms with Gasteiger partial charge in [-0.05, 0) is 65.3 Å². The van der Waals surface area contributed by atoms with Gasteiger partial charge in [0.25, 0.3) is 0 Å². The average Bonchev–Trinajstić information content (AvgIpc) is 2.87. The van der Waals surface area contributed by atoms with Crippen LogP contribution in [0.15, 0.2) is 24.4 Å². The fourth-order valence-electron chi connectivity index (χ4n) is 2.85. The molecule has 0 bridgehead atoms. The standard InChI is InChI=1S/C21H26FNO6/c1-20(2,3)28-17(24)10-14(18(25)26)15-11-23(19(27)29-21(4,5)6)16-9-12(22)7-8-13(15)16/h7-9,11,14H,10H2,1-6H3,(H,25,26). The number of halogens is 1. The van der Waals surface area contributed by atoms with Crippen molar-refractivity contribution in [2.45, 2.75) is 65.1 Å². The van der Waals surface area contributed by atoms with Gasteiger partial charge in [0, 0.05) is 11.6 Å². The fraction of sp³-hybridized carbons (Fsp3) is 0.476. The summed E-state index contributed by atoms with van der Waals surface area (Å²) in [4.78, 5) is 36.7. The molecule has 1 heterocycles. The van der Waals surface area contributed by atoms with E-state index in [1.54, 1.807) is 41.5 Å². The molecule has 29 heavy (non-hydrogen) atoms. The lowest BCUT2D eigenvalue weighted by molar-refractivity contribution is -0.158. The highest BCUT2D eigenvalue weighted by Crippen LogP contribution is 2.32. The topological polar surface area (TPSA) is 94.8 Å². The highest BCUT2D eigenvalue weighted by molar-refractivity contribution is 5.96. The lowest BCUT2D eigenvalue weighted by Crippen LogP contribution is -2.27. The molecule has 0 amide bonds. The first-order valence-corrected chi connectivity index (χ1v) is 9.16. The highest BCUT2D eigenvalue weighted by atomic mass is 19.1. The van der Waals surface area contributed by atoms with Gasteiger partial charge in [-0.1, -0.05) is 0 Å². The number of aliphatic carboxylic acids is 1. The van der Waals surface area contributed by atoms with Gasteiger partial charge >= 0.3 is 18.0 Å². The fourth-order valence-corrected chi connectivity index (χ4v) is 2.85. The van der Waals surface area contributed by atoms with Crippen LogP contribution in [0, 0.1) is 5.82 Å². The zero-order chi connectivity index (χ0) is 22.1. The minimum absolute atomic E-state index is 0.157. The number of carboxylic acids is 1. The van der Waals surface area contributed by atoms with Crippen LogP contribution in [0.2, 0.25) is 0 Å². The number of carboxylic acid groups (broad SMARTS) is 1. The van der Waals surface area contributed by atoms with Crippen LogP contribution < -0.4 is 0 Å². The van der Waals surface area contributed by atoms with E-state index < -0.39 is 47.4 Å². The number of hydrogen-bond acceptors (Lipinski definition) is 5. The number of hydrogen-bond donors (Lipinski definition) is 1. The van der Waals surface area contributed by atoms with E-state index in [0.717, 1.165) is 16.7 Å². The Kier molecular flexibility index (Phi) is 6.06. The third-order valence-electron chi connectivity index (χ3n) is 3.85. The molecule has 2 aromatic rings. The number of fused-ring (bicyclic) bond motifs is 1. The van der Waals surface area contributed by atoms with Gasteiger partial charge in [0.2, 0.25) is 0 Å². The summed E-state index contributed by atoms with van der Waals surface area (Å²) in [6.07, 6.45) is 0.0689. The van der Waals surface area contributed by atoms with Gasteiger partial charge in [0.15, 0.2) is 0 Å². The molecule has 2 rings (SSSR count). The van der Waals surface area contributed by atoms with Crippen molar-refractivity contribution in [2.24, 2.45) is 0 Å². The molecule has 0 aliphatic rings. The van der Waals surface area contributed by atoms with Crippen LogP contribution in [-0.4, -0.2) is 38.9 Å². The predicted octanol–water partition coefficient (Wildman–Crippen LogP) is 4.46. The van der Waals surface area contributed by atoms with Crippen LogP contribution in [0.3, 0.4) is 0 Å². The molecule has 0 saturated carbocycles. The number of carbonyl (C=O) groups is 3. The maximum absolute atomic E-state index is 13.8. The van der Waals surface area contributed by atoms with Crippen LogP contribution in [-0.2, 0) is 19.1 Å². The zero-order valence-electron chi connectivity index (χ0n) is 17.4. The minimum Gasteiger partial charge on any atom is -0.481 e. The van der Waals surface area contributed by atoms with E-state index in [1.807, 2.05) is 0 Å². The maximum Gasteiger partial charge on any atom is 0.419 e. The van der Waals surface area contributed by atoms with Crippen molar-refractivity contribution in [3.8, 4) is 0 Å². The van der Waals surface area contributed by atoms with Gasteiger partial charge in [0.1, 0.15) is 17.0 Å². The highest BCUT2D eigenvalue weighted by Gasteiger charge is 2.31. The molecule has 1 unspecified atom stereocenters. The summed E-state index contributed by atoms with van der Waals surface area (Å²) in [6.45, 7) is 10.1.